The van der Waals surface area contributed by atoms with Crippen molar-refractivity contribution in [1.82, 2.24) is 0 Å². The van der Waals surface area contributed by atoms with Gasteiger partial charge < -0.3 is 14.4 Å². The third-order valence-electron chi connectivity index (χ3n) is 7.50. The Bertz CT molecular complexity index is 1600. The lowest BCUT2D eigenvalue weighted by atomic mass is 9.93. The smallest absolute Gasteiger partial charge is 0.433 e. The Balaban J connectivity index is 1.62. The number of halogens is 3. The fraction of sp³-hybridized carbons (Fsp3) is 0.364. The minimum atomic E-state index is -4.88. The molecule has 0 amide bonds. The molecule has 2 aliphatic rings. The maximum absolute atomic E-state index is 14.4. The molecular formula is C33H31F3N4O2S. The van der Waals surface area contributed by atoms with E-state index < -0.39 is 35.1 Å². The number of hydrogen-bond acceptors (Lipinski definition) is 7. The molecule has 10 heteroatoms. The van der Waals surface area contributed by atoms with Gasteiger partial charge >= 0.3 is 6.18 Å². The molecule has 0 fully saturated rings. The first-order valence-electron chi connectivity index (χ1n) is 14.0. The molecule has 0 saturated carbocycles. The zero-order valence-electron chi connectivity index (χ0n) is 24.2. The number of allylic oxidation sites excluding steroid dienone is 2. The van der Waals surface area contributed by atoms with Gasteiger partial charge in [-0.05, 0) is 60.9 Å². The molecule has 2 heterocycles. The Morgan fingerprint density at radius 2 is 1.77 bits per heavy atom. The van der Waals surface area contributed by atoms with E-state index in [4.69, 9.17) is 9.47 Å². The molecule has 0 N–H and O–H groups in total. The van der Waals surface area contributed by atoms with Gasteiger partial charge in [-0.1, -0.05) is 26.7 Å². The van der Waals surface area contributed by atoms with E-state index in [0.29, 0.717) is 10.5 Å². The second-order valence-electron chi connectivity index (χ2n) is 10.3. The molecule has 0 saturated heterocycles. The first kappa shape index (κ1) is 31.5. The van der Waals surface area contributed by atoms with Gasteiger partial charge in [-0.2, -0.15) is 29.0 Å². The number of nitriles is 3. The van der Waals surface area contributed by atoms with E-state index in [2.05, 4.69) is 24.8 Å². The molecule has 2 aromatic rings. The van der Waals surface area contributed by atoms with Gasteiger partial charge in [0.1, 0.15) is 29.5 Å². The number of unbranched alkanes of at least 4 members (excludes halogenated alkanes) is 2. The molecule has 0 spiro atoms. The van der Waals surface area contributed by atoms with Crippen molar-refractivity contribution in [3.63, 3.8) is 0 Å². The van der Waals surface area contributed by atoms with Crippen molar-refractivity contribution in [1.29, 1.82) is 15.8 Å². The molecule has 1 aromatic heterocycles. The van der Waals surface area contributed by atoms with E-state index in [-0.39, 0.29) is 5.57 Å². The van der Waals surface area contributed by atoms with Crippen LogP contribution in [-0.2, 0) is 4.74 Å². The number of alkyl halides is 3. The Labute approximate surface area is 253 Å². The third-order valence-corrected chi connectivity index (χ3v) is 8.63. The van der Waals surface area contributed by atoms with Crippen LogP contribution in [0.4, 0.5) is 18.9 Å². The SMILES string of the molecule is CCCCN(CCCC)c1ccc(/C=C/c2ccc(C3=CC4=C(C#N)C(=C(C#N)C#N)OC4(C(F)(F)F)C3)s2)c(OC)c1. The lowest BCUT2D eigenvalue weighted by Gasteiger charge is -2.29. The number of hydrogen-bond donors (Lipinski definition) is 0. The fourth-order valence-corrected chi connectivity index (χ4v) is 6.11. The topological polar surface area (TPSA) is 93.1 Å². The molecule has 43 heavy (non-hydrogen) atoms. The Hall–Kier alpha value is -4.46. The van der Waals surface area contributed by atoms with Crippen LogP contribution in [0.3, 0.4) is 0 Å². The molecule has 222 valence electrons. The van der Waals surface area contributed by atoms with Crippen molar-refractivity contribution in [3.8, 4) is 24.0 Å². The van der Waals surface area contributed by atoms with Crippen molar-refractivity contribution >= 4 is 34.7 Å². The van der Waals surface area contributed by atoms with Crippen molar-refractivity contribution in [2.24, 2.45) is 0 Å². The van der Waals surface area contributed by atoms with Gasteiger partial charge in [0.2, 0.25) is 5.60 Å². The maximum atomic E-state index is 14.4. The van der Waals surface area contributed by atoms with Gasteiger partial charge in [0.25, 0.3) is 0 Å². The summed E-state index contributed by atoms with van der Waals surface area (Å²) in [5.41, 5.74) is -1.97. The Morgan fingerprint density at radius 1 is 1.07 bits per heavy atom. The highest BCUT2D eigenvalue weighted by atomic mass is 32.1. The predicted octanol–water partition coefficient (Wildman–Crippen LogP) is 8.57. The van der Waals surface area contributed by atoms with Gasteiger partial charge in [-0.25, -0.2) is 0 Å². The third kappa shape index (κ3) is 6.19. The highest BCUT2D eigenvalue weighted by Gasteiger charge is 2.66. The quantitative estimate of drug-likeness (QED) is 0.239. The zero-order chi connectivity index (χ0) is 31.2. The molecule has 4 rings (SSSR count). The first-order valence-corrected chi connectivity index (χ1v) is 14.8. The van der Waals surface area contributed by atoms with Crippen LogP contribution in [0.5, 0.6) is 5.75 Å². The summed E-state index contributed by atoms with van der Waals surface area (Å²) in [6.07, 6.45) is 4.08. The maximum Gasteiger partial charge on any atom is 0.433 e. The Morgan fingerprint density at radius 3 is 2.35 bits per heavy atom. The summed E-state index contributed by atoms with van der Waals surface area (Å²) in [4.78, 5) is 3.80. The molecule has 1 aromatic carbocycles. The first-order chi connectivity index (χ1) is 20.7. The van der Waals surface area contributed by atoms with Crippen molar-refractivity contribution in [2.45, 2.75) is 57.7 Å². The molecular weight excluding hydrogens is 573 g/mol. The largest absolute Gasteiger partial charge is 0.496 e. The van der Waals surface area contributed by atoms with Crippen LogP contribution in [-0.4, -0.2) is 32.0 Å². The summed E-state index contributed by atoms with van der Waals surface area (Å²) in [6.45, 7) is 6.31. The summed E-state index contributed by atoms with van der Waals surface area (Å²) >= 11 is 1.31. The van der Waals surface area contributed by atoms with Crippen LogP contribution < -0.4 is 9.64 Å². The molecule has 0 bridgehead atoms. The van der Waals surface area contributed by atoms with Crippen LogP contribution in [0.15, 0.2) is 58.9 Å². The van der Waals surface area contributed by atoms with Gasteiger partial charge in [0.05, 0.1) is 7.11 Å². The van der Waals surface area contributed by atoms with Crippen LogP contribution in [0, 0.1) is 34.0 Å². The van der Waals surface area contributed by atoms with Crippen LogP contribution in [0.1, 0.15) is 61.3 Å². The number of ether oxygens (including phenoxy) is 2. The summed E-state index contributed by atoms with van der Waals surface area (Å²) in [6, 6.07) is 14.4. The lowest BCUT2D eigenvalue weighted by Crippen LogP contribution is -2.44. The number of anilines is 1. The number of thiophene rings is 1. The second kappa shape index (κ2) is 13.2. The van der Waals surface area contributed by atoms with E-state index in [0.717, 1.165) is 60.7 Å². The summed E-state index contributed by atoms with van der Waals surface area (Å²) < 4.78 is 54.2. The predicted molar refractivity (Wildman–Crippen MR) is 162 cm³/mol. The average molecular weight is 605 g/mol. The zero-order valence-corrected chi connectivity index (χ0v) is 25.0. The monoisotopic (exact) mass is 604 g/mol. The van der Waals surface area contributed by atoms with E-state index in [1.807, 2.05) is 30.4 Å². The van der Waals surface area contributed by atoms with Crippen LogP contribution >= 0.6 is 11.3 Å². The molecule has 6 nitrogen and oxygen atoms in total. The van der Waals surface area contributed by atoms with Gasteiger partial charge in [-0.15, -0.1) is 11.3 Å². The summed E-state index contributed by atoms with van der Waals surface area (Å²) in [5, 5.41) is 28.0. The Kier molecular flexibility index (Phi) is 9.69. The number of fused-ring (bicyclic) bond motifs is 1. The van der Waals surface area contributed by atoms with E-state index >= 15 is 0 Å². The second-order valence-corrected chi connectivity index (χ2v) is 11.4. The van der Waals surface area contributed by atoms with Crippen LogP contribution in [0.25, 0.3) is 17.7 Å². The van der Waals surface area contributed by atoms with E-state index in [9.17, 15) is 29.0 Å². The van der Waals surface area contributed by atoms with Gasteiger partial charge in [-0.3, -0.25) is 0 Å². The number of benzene rings is 1. The van der Waals surface area contributed by atoms with Crippen molar-refractivity contribution < 1.29 is 22.6 Å². The molecule has 1 aliphatic heterocycles. The molecule has 1 atom stereocenters. The van der Waals surface area contributed by atoms with Crippen molar-refractivity contribution in [3.05, 3.63) is 74.2 Å². The molecule has 1 aliphatic carbocycles. The highest BCUT2D eigenvalue weighted by molar-refractivity contribution is 7.14. The van der Waals surface area contributed by atoms with Crippen LogP contribution in [0.2, 0.25) is 0 Å². The summed E-state index contributed by atoms with van der Waals surface area (Å²) in [5.74, 6) is 0.108. The molecule has 1 unspecified atom stereocenters. The normalized spacial score (nSPS) is 17.7. The number of rotatable bonds is 11. The van der Waals surface area contributed by atoms with E-state index in [1.165, 1.54) is 29.6 Å². The van der Waals surface area contributed by atoms with Crippen molar-refractivity contribution in [2.75, 3.05) is 25.1 Å². The van der Waals surface area contributed by atoms with Gasteiger partial charge in [0.15, 0.2) is 11.3 Å². The lowest BCUT2D eigenvalue weighted by molar-refractivity contribution is -0.239. The number of methoxy groups -OCH3 is 1. The van der Waals surface area contributed by atoms with E-state index in [1.54, 1.807) is 19.2 Å². The average Bonchev–Trinajstić information content (AvgIpc) is 3.70. The highest BCUT2D eigenvalue weighted by Crippen LogP contribution is 2.58. The number of nitrogens with zero attached hydrogens (tertiary/aromatic N) is 4. The van der Waals surface area contributed by atoms with Gasteiger partial charge in [0, 0.05) is 52.2 Å². The fourth-order valence-electron chi connectivity index (χ4n) is 5.19. The molecule has 0 radical (unpaired) electrons. The minimum Gasteiger partial charge on any atom is -0.496 e. The summed E-state index contributed by atoms with van der Waals surface area (Å²) in [7, 11) is 1.63. The standard InChI is InChI=1S/C33H31F3N4O2S/c1-4-6-14-40(15-7-5-2)25-10-8-22(29(17-25)41-3)9-11-26-12-13-30(43-26)23-16-28-27(21-39)31(24(19-37)20-38)42-32(28,18-23)33(34,35)36/h8-13,16-17H,4-7,14-15,18H2,1-3H3/b11-9+. The minimum absolute atomic E-state index is 0.362.